The second-order valence-corrected chi connectivity index (χ2v) is 8.63. The lowest BCUT2D eigenvalue weighted by Crippen LogP contribution is -2.33. The number of thioether (sulfide) groups is 1. The van der Waals surface area contributed by atoms with E-state index >= 15 is 0 Å². The van der Waals surface area contributed by atoms with Gasteiger partial charge in [0.2, 0.25) is 0 Å². The number of aryl methyl sites for hydroxylation is 2. The lowest BCUT2D eigenvalue weighted by Gasteiger charge is -2.18. The second-order valence-electron chi connectivity index (χ2n) is 7.55. The zero-order chi connectivity index (χ0) is 23.5. The molecule has 0 bridgehead atoms. The van der Waals surface area contributed by atoms with Crippen molar-refractivity contribution in [2.45, 2.75) is 18.7 Å². The molecule has 0 unspecified atom stereocenters. The largest absolute Gasteiger partial charge is 0.497 e. The van der Waals surface area contributed by atoms with E-state index in [1.807, 2.05) is 62.4 Å². The number of amides is 2. The minimum absolute atomic E-state index is 0.206. The number of ether oxygens (including phenoxy) is 2. The molecule has 0 saturated heterocycles. The number of methoxy groups -OCH3 is 2. The Hall–Kier alpha value is -3.71. The van der Waals surface area contributed by atoms with Crippen LogP contribution in [-0.2, 0) is 9.59 Å². The molecule has 3 aromatic rings. The zero-order valence-corrected chi connectivity index (χ0v) is 19.7. The summed E-state index contributed by atoms with van der Waals surface area (Å²) in [7, 11) is 3.11. The second kappa shape index (κ2) is 9.42. The molecule has 4 rings (SSSR count). The van der Waals surface area contributed by atoms with Gasteiger partial charge in [-0.2, -0.15) is 0 Å². The molecule has 3 aromatic carbocycles. The molecule has 33 heavy (non-hydrogen) atoms. The van der Waals surface area contributed by atoms with Crippen LogP contribution in [0.3, 0.4) is 0 Å². The molecule has 1 aliphatic rings. The Kier molecular flexibility index (Phi) is 6.42. The van der Waals surface area contributed by atoms with Crippen molar-refractivity contribution in [1.29, 1.82) is 0 Å². The van der Waals surface area contributed by atoms with Gasteiger partial charge >= 0.3 is 0 Å². The first-order valence-corrected chi connectivity index (χ1v) is 11.2. The predicted octanol–water partition coefficient (Wildman–Crippen LogP) is 5.31. The van der Waals surface area contributed by atoms with Gasteiger partial charge in [0, 0.05) is 11.0 Å². The fourth-order valence-electron chi connectivity index (χ4n) is 3.63. The van der Waals surface area contributed by atoms with Crippen LogP contribution >= 0.6 is 11.8 Å². The summed E-state index contributed by atoms with van der Waals surface area (Å²) in [5.41, 5.74) is 3.24. The van der Waals surface area contributed by atoms with Crippen molar-refractivity contribution in [1.82, 2.24) is 0 Å². The van der Waals surface area contributed by atoms with Gasteiger partial charge in [-0.05, 0) is 49.7 Å². The van der Waals surface area contributed by atoms with Crippen molar-refractivity contribution in [2.75, 3.05) is 24.4 Å². The molecule has 0 aliphatic carbocycles. The molecule has 0 atom stereocenters. The van der Waals surface area contributed by atoms with Crippen LogP contribution in [0.2, 0.25) is 0 Å². The number of hydrogen-bond donors (Lipinski definition) is 1. The molecule has 0 aromatic heterocycles. The third-order valence-corrected chi connectivity index (χ3v) is 6.36. The normalized spacial score (nSPS) is 13.5. The number of nitrogens with zero attached hydrogens (tertiary/aromatic N) is 1. The van der Waals surface area contributed by atoms with E-state index in [1.165, 1.54) is 23.8 Å². The highest BCUT2D eigenvalue weighted by Crippen LogP contribution is 2.40. The Labute approximate surface area is 197 Å². The Morgan fingerprint density at radius 3 is 2.27 bits per heavy atom. The Morgan fingerprint density at radius 2 is 1.61 bits per heavy atom. The van der Waals surface area contributed by atoms with Gasteiger partial charge in [0.15, 0.2) is 0 Å². The first-order valence-electron chi connectivity index (χ1n) is 10.3. The van der Waals surface area contributed by atoms with Gasteiger partial charge in [-0.25, -0.2) is 4.90 Å². The van der Waals surface area contributed by atoms with Gasteiger partial charge in [-0.1, -0.05) is 47.7 Å². The standard InChI is InChI=1S/C26H24N2O4S/c1-16-10-13-21(17(2)14-16)28-25(29)23(24(26(28)30)33-19-8-6-5-7-9-19)27-20-12-11-18(31-3)15-22(20)32-4/h5-15,27H,1-4H3. The van der Waals surface area contributed by atoms with Crippen molar-refractivity contribution in [3.8, 4) is 11.5 Å². The van der Waals surface area contributed by atoms with E-state index in [4.69, 9.17) is 9.47 Å². The molecule has 7 heteroatoms. The van der Waals surface area contributed by atoms with Gasteiger partial charge in [0.1, 0.15) is 22.1 Å². The number of hydrogen-bond acceptors (Lipinski definition) is 6. The summed E-state index contributed by atoms with van der Waals surface area (Å²) in [6.07, 6.45) is 0. The average Bonchev–Trinajstić information content (AvgIpc) is 3.04. The van der Waals surface area contributed by atoms with E-state index in [2.05, 4.69) is 5.32 Å². The first kappa shape index (κ1) is 22.5. The van der Waals surface area contributed by atoms with Crippen molar-refractivity contribution < 1.29 is 19.1 Å². The predicted molar refractivity (Wildman–Crippen MR) is 131 cm³/mol. The van der Waals surface area contributed by atoms with Crippen LogP contribution in [0.5, 0.6) is 11.5 Å². The van der Waals surface area contributed by atoms with E-state index in [-0.39, 0.29) is 11.6 Å². The number of carbonyl (C=O) groups excluding carboxylic acids is 2. The lowest BCUT2D eigenvalue weighted by atomic mass is 10.1. The number of imide groups is 1. The highest BCUT2D eigenvalue weighted by molar-refractivity contribution is 8.04. The summed E-state index contributed by atoms with van der Waals surface area (Å²) in [5, 5.41) is 3.16. The Morgan fingerprint density at radius 1 is 0.848 bits per heavy atom. The summed E-state index contributed by atoms with van der Waals surface area (Å²) in [5.74, 6) is 0.339. The smallest absolute Gasteiger partial charge is 0.283 e. The van der Waals surface area contributed by atoms with Crippen LogP contribution in [0.15, 0.2) is 82.2 Å². The van der Waals surface area contributed by atoms with Crippen molar-refractivity contribution in [3.05, 3.63) is 88.5 Å². The topological polar surface area (TPSA) is 67.9 Å². The summed E-state index contributed by atoms with van der Waals surface area (Å²) in [4.78, 5) is 29.6. The molecule has 1 aliphatic heterocycles. The molecule has 168 valence electrons. The first-order chi connectivity index (χ1) is 15.9. The van der Waals surface area contributed by atoms with E-state index < -0.39 is 5.91 Å². The maximum absolute atomic E-state index is 13.6. The van der Waals surface area contributed by atoms with Crippen molar-refractivity contribution in [2.24, 2.45) is 0 Å². The van der Waals surface area contributed by atoms with Gasteiger partial charge in [0.25, 0.3) is 11.8 Å². The van der Waals surface area contributed by atoms with E-state index in [9.17, 15) is 9.59 Å². The average molecular weight is 461 g/mol. The van der Waals surface area contributed by atoms with Crippen LogP contribution in [-0.4, -0.2) is 26.0 Å². The third-order valence-electron chi connectivity index (χ3n) is 5.27. The molecular weight excluding hydrogens is 436 g/mol. The number of benzene rings is 3. The number of anilines is 2. The monoisotopic (exact) mass is 460 g/mol. The lowest BCUT2D eigenvalue weighted by molar-refractivity contribution is -0.120. The highest BCUT2D eigenvalue weighted by Gasteiger charge is 2.41. The summed E-state index contributed by atoms with van der Waals surface area (Å²) in [6, 6.07) is 20.4. The molecule has 0 spiro atoms. The van der Waals surface area contributed by atoms with Gasteiger partial charge in [-0.3, -0.25) is 9.59 Å². The van der Waals surface area contributed by atoms with Gasteiger partial charge in [0.05, 0.1) is 25.6 Å². The van der Waals surface area contributed by atoms with Crippen molar-refractivity contribution >= 4 is 35.0 Å². The minimum atomic E-state index is -0.414. The van der Waals surface area contributed by atoms with Gasteiger partial charge < -0.3 is 14.8 Å². The molecule has 0 fully saturated rings. The quantitative estimate of drug-likeness (QED) is 0.482. The van der Waals surface area contributed by atoms with Gasteiger partial charge in [-0.15, -0.1) is 0 Å². The van der Waals surface area contributed by atoms with E-state index in [0.29, 0.717) is 27.8 Å². The molecule has 0 saturated carbocycles. The third kappa shape index (κ3) is 4.45. The molecule has 1 heterocycles. The number of carbonyl (C=O) groups is 2. The van der Waals surface area contributed by atoms with Crippen molar-refractivity contribution in [3.63, 3.8) is 0 Å². The molecule has 1 N–H and O–H groups in total. The van der Waals surface area contributed by atoms with Crippen LogP contribution in [0.1, 0.15) is 11.1 Å². The highest BCUT2D eigenvalue weighted by atomic mass is 32.2. The SMILES string of the molecule is COc1ccc(NC2=C(Sc3ccccc3)C(=O)N(c3ccc(C)cc3C)C2=O)c(OC)c1. The Balaban J connectivity index is 1.78. The van der Waals surface area contributed by atoms with Crippen LogP contribution in [0, 0.1) is 13.8 Å². The molecule has 6 nitrogen and oxygen atoms in total. The zero-order valence-electron chi connectivity index (χ0n) is 18.8. The van der Waals surface area contributed by atoms with Crippen LogP contribution < -0.4 is 19.7 Å². The number of rotatable bonds is 7. The van der Waals surface area contributed by atoms with E-state index in [0.717, 1.165) is 16.0 Å². The van der Waals surface area contributed by atoms with Crippen LogP contribution in [0.25, 0.3) is 0 Å². The number of nitrogens with one attached hydrogen (secondary N) is 1. The Bertz CT molecular complexity index is 1250. The summed E-state index contributed by atoms with van der Waals surface area (Å²) >= 11 is 1.26. The fourth-order valence-corrected chi connectivity index (χ4v) is 4.58. The van der Waals surface area contributed by atoms with E-state index in [1.54, 1.807) is 25.3 Å². The maximum atomic E-state index is 13.6. The fraction of sp³-hybridized carbons (Fsp3) is 0.154. The summed E-state index contributed by atoms with van der Waals surface area (Å²) in [6.45, 7) is 3.87. The molecule has 2 amide bonds. The molecular formula is C26H24N2O4S. The summed E-state index contributed by atoms with van der Waals surface area (Å²) < 4.78 is 10.7. The van der Waals surface area contributed by atoms with Crippen LogP contribution in [0.4, 0.5) is 11.4 Å². The molecule has 0 radical (unpaired) electrons. The maximum Gasteiger partial charge on any atom is 0.283 e. The minimum Gasteiger partial charge on any atom is -0.497 e.